The smallest absolute Gasteiger partial charge is 0.272 e. The van der Waals surface area contributed by atoms with Crippen LogP contribution in [0.5, 0.6) is 0 Å². The maximum Gasteiger partial charge on any atom is 0.272 e. The van der Waals surface area contributed by atoms with Crippen molar-refractivity contribution in [3.63, 3.8) is 0 Å². The molecule has 0 aliphatic carbocycles. The van der Waals surface area contributed by atoms with Crippen molar-refractivity contribution in [1.82, 2.24) is 9.78 Å². The third kappa shape index (κ3) is 1.96. The Kier molecular flexibility index (Phi) is 2.55. The summed E-state index contributed by atoms with van der Waals surface area (Å²) in [6.07, 6.45) is 1.69. The van der Waals surface area contributed by atoms with Gasteiger partial charge in [-0.25, -0.2) is 4.68 Å². The fourth-order valence-electron chi connectivity index (χ4n) is 1.59. The molecular weight excluding hydrogens is 220 g/mol. The second kappa shape index (κ2) is 3.89. The number of hydrogen-bond donors (Lipinski definition) is 1. The minimum Gasteiger partial charge on any atom is -0.396 e. The van der Waals surface area contributed by atoms with Crippen LogP contribution in [0.25, 0.3) is 5.69 Å². The number of benzene rings is 1. The van der Waals surface area contributed by atoms with E-state index in [9.17, 15) is 10.1 Å². The van der Waals surface area contributed by atoms with E-state index in [1.54, 1.807) is 29.9 Å². The molecule has 2 aromatic rings. The summed E-state index contributed by atoms with van der Waals surface area (Å²) in [6, 6.07) is 4.83. The zero-order valence-corrected chi connectivity index (χ0v) is 9.54. The van der Waals surface area contributed by atoms with Crippen molar-refractivity contribution in [3.05, 3.63) is 45.8 Å². The Bertz CT molecular complexity index is 570. The van der Waals surface area contributed by atoms with Crippen LogP contribution in [0, 0.1) is 24.0 Å². The van der Waals surface area contributed by atoms with Crippen molar-refractivity contribution in [2.75, 3.05) is 5.73 Å². The van der Waals surface area contributed by atoms with Gasteiger partial charge in [-0.1, -0.05) is 0 Å². The van der Waals surface area contributed by atoms with E-state index >= 15 is 0 Å². The molecular formula is C11H12N4O2. The molecule has 1 aromatic carbocycles. The van der Waals surface area contributed by atoms with Gasteiger partial charge in [-0.3, -0.25) is 10.1 Å². The van der Waals surface area contributed by atoms with E-state index in [-0.39, 0.29) is 5.69 Å². The normalized spacial score (nSPS) is 10.5. The molecule has 0 radical (unpaired) electrons. The second-order valence-electron chi connectivity index (χ2n) is 3.84. The number of nitrogens with two attached hydrogens (primary N) is 1. The Balaban J connectivity index is 2.47. The Labute approximate surface area is 97.8 Å². The Hall–Kier alpha value is -2.37. The molecule has 0 unspecified atom stereocenters. The molecule has 0 amide bonds. The van der Waals surface area contributed by atoms with Gasteiger partial charge < -0.3 is 5.73 Å². The van der Waals surface area contributed by atoms with Gasteiger partial charge in [0.15, 0.2) is 0 Å². The molecule has 0 aliphatic rings. The van der Waals surface area contributed by atoms with E-state index < -0.39 is 4.92 Å². The molecule has 0 spiro atoms. The Morgan fingerprint density at radius 2 is 2.12 bits per heavy atom. The molecule has 1 heterocycles. The molecule has 2 rings (SSSR count). The maximum atomic E-state index is 10.7. The van der Waals surface area contributed by atoms with Crippen molar-refractivity contribution >= 4 is 11.4 Å². The first-order valence-corrected chi connectivity index (χ1v) is 5.06. The van der Waals surface area contributed by atoms with Gasteiger partial charge in [0.05, 0.1) is 28.2 Å². The molecule has 1 aromatic heterocycles. The highest BCUT2D eigenvalue weighted by molar-refractivity contribution is 5.49. The van der Waals surface area contributed by atoms with Crippen molar-refractivity contribution in [2.24, 2.45) is 0 Å². The van der Waals surface area contributed by atoms with Crippen LogP contribution < -0.4 is 5.73 Å². The quantitative estimate of drug-likeness (QED) is 0.633. The first kappa shape index (κ1) is 11.1. The monoisotopic (exact) mass is 232 g/mol. The summed E-state index contributed by atoms with van der Waals surface area (Å²) in [4.78, 5) is 10.3. The highest BCUT2D eigenvalue weighted by Gasteiger charge is 2.11. The third-order valence-electron chi connectivity index (χ3n) is 2.58. The lowest BCUT2D eigenvalue weighted by atomic mass is 10.2. The van der Waals surface area contributed by atoms with Crippen LogP contribution in [0.4, 0.5) is 11.4 Å². The number of nitro groups is 1. The number of anilines is 1. The minimum absolute atomic E-state index is 0.102. The van der Waals surface area contributed by atoms with Crippen LogP contribution in [-0.2, 0) is 0 Å². The molecule has 0 bridgehead atoms. The van der Waals surface area contributed by atoms with E-state index in [4.69, 9.17) is 5.73 Å². The molecule has 0 saturated heterocycles. The summed E-state index contributed by atoms with van der Waals surface area (Å²) in [5.74, 6) is 0. The van der Waals surface area contributed by atoms with E-state index in [0.717, 1.165) is 11.4 Å². The first-order valence-electron chi connectivity index (χ1n) is 5.06. The minimum atomic E-state index is -0.401. The molecule has 6 heteroatoms. The van der Waals surface area contributed by atoms with Crippen LogP contribution in [-0.4, -0.2) is 14.7 Å². The summed E-state index contributed by atoms with van der Waals surface area (Å²) in [5.41, 5.74) is 8.49. The van der Waals surface area contributed by atoms with E-state index in [1.807, 2.05) is 6.92 Å². The highest BCUT2D eigenvalue weighted by atomic mass is 16.6. The fourth-order valence-corrected chi connectivity index (χ4v) is 1.59. The standard InChI is InChI=1S/C11H12N4O2/c1-7-5-9(3-4-11(7)15(16)17)14-6-10(12)8(2)13-14/h3-6H,12H2,1-2H3. The van der Waals surface area contributed by atoms with Crippen LogP contribution in [0.1, 0.15) is 11.3 Å². The average Bonchev–Trinajstić information content (AvgIpc) is 2.58. The van der Waals surface area contributed by atoms with Gasteiger partial charge in [-0.15, -0.1) is 0 Å². The summed E-state index contributed by atoms with van der Waals surface area (Å²) >= 11 is 0. The van der Waals surface area contributed by atoms with E-state index in [0.29, 0.717) is 11.3 Å². The van der Waals surface area contributed by atoms with Gasteiger partial charge in [-0.05, 0) is 26.0 Å². The molecule has 0 saturated carbocycles. The van der Waals surface area contributed by atoms with Gasteiger partial charge in [0, 0.05) is 11.6 Å². The molecule has 6 nitrogen and oxygen atoms in total. The fraction of sp³-hybridized carbons (Fsp3) is 0.182. The SMILES string of the molecule is Cc1cc(-n2cc(N)c(C)n2)ccc1[N+](=O)[O-]. The Morgan fingerprint density at radius 3 is 2.59 bits per heavy atom. The molecule has 0 fully saturated rings. The van der Waals surface area contributed by atoms with Crippen molar-refractivity contribution in [1.29, 1.82) is 0 Å². The number of nitro benzene ring substituents is 1. The predicted octanol–water partition coefficient (Wildman–Crippen LogP) is 1.98. The highest BCUT2D eigenvalue weighted by Crippen LogP contribution is 2.21. The zero-order valence-electron chi connectivity index (χ0n) is 9.54. The lowest BCUT2D eigenvalue weighted by Crippen LogP contribution is -1.98. The second-order valence-corrected chi connectivity index (χ2v) is 3.84. The number of aromatic nitrogens is 2. The number of nitrogens with zero attached hydrogens (tertiary/aromatic N) is 3. The van der Waals surface area contributed by atoms with Crippen molar-refractivity contribution in [3.8, 4) is 5.69 Å². The lowest BCUT2D eigenvalue weighted by Gasteiger charge is -2.03. The molecule has 2 N–H and O–H groups in total. The van der Waals surface area contributed by atoms with Crippen LogP contribution >= 0.6 is 0 Å². The van der Waals surface area contributed by atoms with Gasteiger partial charge in [0.2, 0.25) is 0 Å². The van der Waals surface area contributed by atoms with E-state index in [1.165, 1.54) is 6.07 Å². The summed E-state index contributed by atoms with van der Waals surface area (Å²) in [6.45, 7) is 3.51. The molecule has 0 aliphatic heterocycles. The predicted molar refractivity (Wildman–Crippen MR) is 64.1 cm³/mol. The van der Waals surface area contributed by atoms with Crippen molar-refractivity contribution < 1.29 is 4.92 Å². The topological polar surface area (TPSA) is 87.0 Å². The van der Waals surface area contributed by atoms with Gasteiger partial charge >= 0.3 is 0 Å². The van der Waals surface area contributed by atoms with E-state index in [2.05, 4.69) is 5.10 Å². The van der Waals surface area contributed by atoms with Crippen molar-refractivity contribution in [2.45, 2.75) is 13.8 Å². The number of hydrogen-bond acceptors (Lipinski definition) is 4. The number of aryl methyl sites for hydroxylation is 2. The molecule has 88 valence electrons. The van der Waals surface area contributed by atoms with Crippen LogP contribution in [0.15, 0.2) is 24.4 Å². The molecule has 17 heavy (non-hydrogen) atoms. The summed E-state index contributed by atoms with van der Waals surface area (Å²) in [5, 5.41) is 14.9. The van der Waals surface area contributed by atoms with Gasteiger partial charge in [0.1, 0.15) is 0 Å². The van der Waals surface area contributed by atoms with Crippen LogP contribution in [0.2, 0.25) is 0 Å². The average molecular weight is 232 g/mol. The van der Waals surface area contributed by atoms with Crippen LogP contribution in [0.3, 0.4) is 0 Å². The molecule has 0 atom stereocenters. The summed E-state index contributed by atoms with van der Waals surface area (Å²) < 4.78 is 1.61. The third-order valence-corrected chi connectivity index (χ3v) is 2.58. The number of rotatable bonds is 2. The maximum absolute atomic E-state index is 10.7. The zero-order chi connectivity index (χ0) is 12.6. The summed E-state index contributed by atoms with van der Waals surface area (Å²) in [7, 11) is 0. The Morgan fingerprint density at radius 1 is 1.41 bits per heavy atom. The first-order chi connectivity index (χ1) is 7.99. The lowest BCUT2D eigenvalue weighted by molar-refractivity contribution is -0.385. The van der Waals surface area contributed by atoms with Gasteiger partial charge in [0.25, 0.3) is 5.69 Å². The largest absolute Gasteiger partial charge is 0.396 e. The van der Waals surface area contributed by atoms with Gasteiger partial charge in [-0.2, -0.15) is 5.10 Å². The number of nitrogen functional groups attached to an aromatic ring is 1.